The highest BCUT2D eigenvalue weighted by molar-refractivity contribution is 5.79. The first-order chi connectivity index (χ1) is 8.17. The number of hydrazine groups is 1. The van der Waals surface area contributed by atoms with Gasteiger partial charge in [0.25, 0.3) is 0 Å². The number of methoxy groups -OCH3 is 1. The van der Waals surface area contributed by atoms with Gasteiger partial charge in [0.1, 0.15) is 12.4 Å². The van der Waals surface area contributed by atoms with Gasteiger partial charge in [0.2, 0.25) is 5.96 Å². The van der Waals surface area contributed by atoms with Crippen LogP contribution in [0.1, 0.15) is 12.7 Å². The Kier molecular flexibility index (Phi) is 5.44. The maximum absolute atomic E-state index is 5.38. The molecule has 96 valence electrons. The number of aliphatic imine (C=N–C) groups is 1. The molecule has 1 aromatic rings. The van der Waals surface area contributed by atoms with E-state index in [4.69, 9.17) is 10.6 Å². The molecule has 0 saturated carbocycles. The number of aromatic nitrogens is 2. The molecule has 0 aliphatic rings. The zero-order valence-electron chi connectivity index (χ0n) is 10.5. The molecule has 4 N–H and O–H groups in total. The zero-order chi connectivity index (χ0) is 12.7. The van der Waals surface area contributed by atoms with E-state index in [9.17, 15) is 0 Å². The van der Waals surface area contributed by atoms with Gasteiger partial charge in [-0.15, -0.1) is 0 Å². The number of hydrogen-bond donors (Lipinski definition) is 3. The zero-order valence-corrected chi connectivity index (χ0v) is 10.5. The van der Waals surface area contributed by atoms with Crippen molar-refractivity contribution in [3.8, 4) is 0 Å². The summed E-state index contributed by atoms with van der Waals surface area (Å²) < 4.78 is 6.93. The molecule has 1 atom stereocenters. The van der Waals surface area contributed by atoms with Crippen molar-refractivity contribution >= 4 is 5.96 Å². The smallest absolute Gasteiger partial charge is 0.206 e. The van der Waals surface area contributed by atoms with Gasteiger partial charge in [-0.05, 0) is 6.92 Å². The summed E-state index contributed by atoms with van der Waals surface area (Å²) in [5, 5.41) is 3.10. The Morgan fingerprint density at radius 1 is 1.71 bits per heavy atom. The summed E-state index contributed by atoms with van der Waals surface area (Å²) in [7, 11) is 3.58. The van der Waals surface area contributed by atoms with E-state index in [0.29, 0.717) is 19.1 Å². The highest BCUT2D eigenvalue weighted by Crippen LogP contribution is 1.96. The predicted octanol–water partition coefficient (Wildman–Crippen LogP) is -0.636. The first-order valence-electron chi connectivity index (χ1n) is 5.40. The summed E-state index contributed by atoms with van der Waals surface area (Å²) >= 11 is 0. The van der Waals surface area contributed by atoms with Crippen molar-refractivity contribution < 1.29 is 4.74 Å². The average Bonchev–Trinajstić information content (AvgIpc) is 2.70. The summed E-state index contributed by atoms with van der Waals surface area (Å²) in [6, 6.07) is 0.135. The molecule has 1 rings (SSSR count). The van der Waals surface area contributed by atoms with E-state index in [2.05, 4.69) is 20.7 Å². The van der Waals surface area contributed by atoms with Crippen LogP contribution >= 0.6 is 0 Å². The Bertz CT molecular complexity index is 361. The Hall–Kier alpha value is -1.60. The van der Waals surface area contributed by atoms with Gasteiger partial charge in [0.05, 0.1) is 6.61 Å². The molecule has 0 bridgehead atoms. The van der Waals surface area contributed by atoms with Crippen molar-refractivity contribution in [2.75, 3.05) is 13.7 Å². The van der Waals surface area contributed by atoms with Crippen molar-refractivity contribution in [2.24, 2.45) is 17.9 Å². The third-order valence-electron chi connectivity index (χ3n) is 2.24. The van der Waals surface area contributed by atoms with Crippen LogP contribution in [0.25, 0.3) is 0 Å². The van der Waals surface area contributed by atoms with Crippen LogP contribution in [-0.4, -0.2) is 35.3 Å². The second kappa shape index (κ2) is 6.87. The highest BCUT2D eigenvalue weighted by Gasteiger charge is 2.04. The lowest BCUT2D eigenvalue weighted by atomic mass is 10.4. The lowest BCUT2D eigenvalue weighted by molar-refractivity contribution is 0.179. The van der Waals surface area contributed by atoms with E-state index in [-0.39, 0.29) is 6.04 Å². The minimum absolute atomic E-state index is 0.135. The quantitative estimate of drug-likeness (QED) is 0.276. The van der Waals surface area contributed by atoms with Crippen LogP contribution in [0.5, 0.6) is 0 Å². The molecule has 0 saturated heterocycles. The molecule has 0 fully saturated rings. The number of imidazole rings is 1. The van der Waals surface area contributed by atoms with Gasteiger partial charge in [-0.3, -0.25) is 5.43 Å². The molecular formula is C10H20N6O. The molecule has 0 amide bonds. The second-order valence-corrected chi connectivity index (χ2v) is 3.76. The molecule has 1 heterocycles. The summed E-state index contributed by atoms with van der Waals surface area (Å²) in [5.41, 5.74) is 2.52. The largest absolute Gasteiger partial charge is 0.383 e. The fourth-order valence-electron chi connectivity index (χ4n) is 1.36. The topological polar surface area (TPSA) is 89.5 Å². The van der Waals surface area contributed by atoms with Gasteiger partial charge in [0.15, 0.2) is 0 Å². The summed E-state index contributed by atoms with van der Waals surface area (Å²) in [5.74, 6) is 6.78. The first kappa shape index (κ1) is 13.5. The van der Waals surface area contributed by atoms with Gasteiger partial charge in [-0.2, -0.15) is 0 Å². The monoisotopic (exact) mass is 240 g/mol. The Labute approximate surface area is 101 Å². The number of ether oxygens (including phenoxy) is 1. The molecule has 0 radical (unpaired) electrons. The van der Waals surface area contributed by atoms with E-state index in [0.717, 1.165) is 5.82 Å². The van der Waals surface area contributed by atoms with Crippen LogP contribution < -0.4 is 16.6 Å². The van der Waals surface area contributed by atoms with Crippen LogP contribution in [0.15, 0.2) is 17.4 Å². The van der Waals surface area contributed by atoms with Gasteiger partial charge < -0.3 is 14.6 Å². The van der Waals surface area contributed by atoms with Crippen LogP contribution in [0.3, 0.4) is 0 Å². The molecule has 0 aliphatic carbocycles. The van der Waals surface area contributed by atoms with Crippen LogP contribution in [0.2, 0.25) is 0 Å². The number of nitrogens with one attached hydrogen (secondary N) is 2. The van der Waals surface area contributed by atoms with Crippen molar-refractivity contribution in [2.45, 2.75) is 19.5 Å². The number of hydrogen-bond acceptors (Lipinski definition) is 4. The summed E-state index contributed by atoms with van der Waals surface area (Å²) in [4.78, 5) is 8.47. The molecule has 7 nitrogen and oxygen atoms in total. The van der Waals surface area contributed by atoms with Crippen LogP contribution in [0.4, 0.5) is 0 Å². The third-order valence-corrected chi connectivity index (χ3v) is 2.24. The minimum atomic E-state index is 0.135. The maximum atomic E-state index is 5.38. The number of nitrogens with zero attached hydrogens (tertiary/aromatic N) is 3. The number of aryl methyl sites for hydroxylation is 1. The molecule has 1 unspecified atom stereocenters. The standard InChI is InChI=1S/C10H20N6O/c1-8(7-17-3)14-10(15-11)13-6-9-12-4-5-16(9)2/h4-5,8H,6-7,11H2,1-3H3,(H2,13,14,15). The van der Waals surface area contributed by atoms with Crippen molar-refractivity contribution in [1.82, 2.24) is 20.3 Å². The lowest BCUT2D eigenvalue weighted by Gasteiger charge is -2.15. The molecule has 0 aromatic carbocycles. The molecular weight excluding hydrogens is 220 g/mol. The molecule has 0 aliphatic heterocycles. The normalized spacial score (nSPS) is 13.5. The van der Waals surface area contributed by atoms with Gasteiger partial charge >= 0.3 is 0 Å². The second-order valence-electron chi connectivity index (χ2n) is 3.76. The van der Waals surface area contributed by atoms with Crippen LogP contribution in [0, 0.1) is 0 Å². The first-order valence-corrected chi connectivity index (χ1v) is 5.40. The van der Waals surface area contributed by atoms with E-state index in [1.807, 2.05) is 24.7 Å². The fourth-order valence-corrected chi connectivity index (χ4v) is 1.36. The number of nitrogens with two attached hydrogens (primary N) is 1. The summed E-state index contributed by atoms with van der Waals surface area (Å²) in [6.07, 6.45) is 3.61. The average molecular weight is 240 g/mol. The maximum Gasteiger partial charge on any atom is 0.206 e. The Balaban J connectivity index is 2.52. The van der Waals surface area contributed by atoms with Crippen LogP contribution in [-0.2, 0) is 18.3 Å². The Morgan fingerprint density at radius 3 is 3.00 bits per heavy atom. The molecule has 17 heavy (non-hydrogen) atoms. The molecule has 7 heteroatoms. The van der Waals surface area contributed by atoms with Gasteiger partial charge in [0, 0.05) is 32.6 Å². The van der Waals surface area contributed by atoms with Crippen molar-refractivity contribution in [1.29, 1.82) is 0 Å². The SMILES string of the molecule is COCC(C)NC(=NCc1nccn1C)NN. The van der Waals surface area contributed by atoms with E-state index >= 15 is 0 Å². The van der Waals surface area contributed by atoms with Crippen molar-refractivity contribution in [3.63, 3.8) is 0 Å². The number of guanidine groups is 1. The molecule has 0 spiro atoms. The van der Waals surface area contributed by atoms with Crippen molar-refractivity contribution in [3.05, 3.63) is 18.2 Å². The van der Waals surface area contributed by atoms with Gasteiger partial charge in [-0.25, -0.2) is 15.8 Å². The Morgan fingerprint density at radius 2 is 2.47 bits per heavy atom. The highest BCUT2D eigenvalue weighted by atomic mass is 16.5. The van der Waals surface area contributed by atoms with E-state index in [1.54, 1.807) is 13.3 Å². The minimum Gasteiger partial charge on any atom is -0.383 e. The number of rotatable bonds is 5. The van der Waals surface area contributed by atoms with Gasteiger partial charge in [-0.1, -0.05) is 0 Å². The third kappa shape index (κ3) is 4.41. The summed E-state index contributed by atoms with van der Waals surface area (Å²) in [6.45, 7) is 3.04. The van der Waals surface area contributed by atoms with E-state index < -0.39 is 0 Å². The van der Waals surface area contributed by atoms with E-state index in [1.165, 1.54) is 0 Å². The lowest BCUT2D eigenvalue weighted by Crippen LogP contribution is -2.46. The predicted molar refractivity (Wildman–Crippen MR) is 66.1 cm³/mol. The fraction of sp³-hybridized carbons (Fsp3) is 0.600. The molecule has 1 aromatic heterocycles.